The first-order chi connectivity index (χ1) is 11.8. The fourth-order valence-electron chi connectivity index (χ4n) is 1.87. The third kappa shape index (κ3) is 5.31. The Labute approximate surface area is 145 Å². The molecule has 0 aliphatic heterocycles. The highest BCUT2D eigenvalue weighted by Crippen LogP contribution is 2.30. The first kappa shape index (κ1) is 18.5. The van der Waals surface area contributed by atoms with E-state index in [1.54, 1.807) is 18.2 Å². The van der Waals surface area contributed by atoms with Gasteiger partial charge >= 0.3 is 12.2 Å². The summed E-state index contributed by atoms with van der Waals surface area (Å²) >= 11 is 0.607. The van der Waals surface area contributed by atoms with Gasteiger partial charge in [0.05, 0.1) is 28.9 Å². The molecule has 2 aromatic rings. The Kier molecular flexibility index (Phi) is 5.75. The molecule has 0 atom stereocenters. The molecular weight excluding hydrogens is 357 g/mol. The SMILES string of the molecule is NC(=O)NSNC(=O)c1ccccc1Nc1ccc(C(F)(F)F)cc1. The minimum absolute atomic E-state index is 0.237. The van der Waals surface area contributed by atoms with E-state index in [1.165, 1.54) is 18.2 Å². The molecule has 0 unspecified atom stereocenters. The van der Waals surface area contributed by atoms with Gasteiger partial charge in [0.15, 0.2) is 0 Å². The fourth-order valence-corrected chi connectivity index (χ4v) is 2.22. The number of rotatable bonds is 5. The van der Waals surface area contributed by atoms with Gasteiger partial charge in [-0.3, -0.25) is 14.2 Å². The summed E-state index contributed by atoms with van der Waals surface area (Å²) in [5.41, 5.74) is 5.12. The van der Waals surface area contributed by atoms with Gasteiger partial charge in [-0.25, -0.2) is 4.79 Å². The molecule has 0 aromatic heterocycles. The molecular formula is C15H13F3N4O2S. The molecule has 0 spiro atoms. The standard InChI is InChI=1S/C15H13F3N4O2S/c16-15(17,18)9-5-7-10(8-6-9)20-12-4-2-1-3-11(12)13(23)21-25-22-14(19)24/h1-8,20H,(H,21,23)(H3,19,22,24). The Hall–Kier alpha value is -2.88. The second-order valence-corrected chi connectivity index (χ2v) is 5.36. The minimum atomic E-state index is -4.42. The number of para-hydroxylation sites is 1. The van der Waals surface area contributed by atoms with Gasteiger partial charge in [0.25, 0.3) is 5.91 Å². The highest BCUT2D eigenvalue weighted by molar-refractivity contribution is 7.96. The number of benzene rings is 2. The first-order valence-corrected chi connectivity index (χ1v) is 7.64. The highest BCUT2D eigenvalue weighted by atomic mass is 32.2. The van der Waals surface area contributed by atoms with Crippen molar-refractivity contribution < 1.29 is 22.8 Å². The molecule has 0 heterocycles. The Balaban J connectivity index is 2.12. The summed E-state index contributed by atoms with van der Waals surface area (Å²) < 4.78 is 42.2. The second-order valence-electron chi connectivity index (χ2n) is 4.75. The van der Waals surface area contributed by atoms with Crippen molar-refractivity contribution >= 4 is 35.4 Å². The van der Waals surface area contributed by atoms with Crippen molar-refractivity contribution in [2.45, 2.75) is 6.18 Å². The van der Waals surface area contributed by atoms with E-state index < -0.39 is 23.7 Å². The van der Waals surface area contributed by atoms with E-state index in [2.05, 4.69) is 14.8 Å². The van der Waals surface area contributed by atoms with Crippen LogP contribution in [0.5, 0.6) is 0 Å². The number of hydrogen-bond acceptors (Lipinski definition) is 4. The smallest absolute Gasteiger partial charge is 0.355 e. The maximum atomic E-state index is 12.6. The number of nitrogens with one attached hydrogen (secondary N) is 3. The van der Waals surface area contributed by atoms with Crippen molar-refractivity contribution in [3.8, 4) is 0 Å². The van der Waals surface area contributed by atoms with Gasteiger partial charge in [0.1, 0.15) is 0 Å². The average Bonchev–Trinajstić information content (AvgIpc) is 2.54. The van der Waals surface area contributed by atoms with E-state index in [-0.39, 0.29) is 5.56 Å². The quantitative estimate of drug-likeness (QED) is 0.607. The van der Waals surface area contributed by atoms with Crippen molar-refractivity contribution in [2.24, 2.45) is 5.73 Å². The summed E-state index contributed by atoms with van der Waals surface area (Å²) in [7, 11) is 0. The summed E-state index contributed by atoms with van der Waals surface area (Å²) in [6, 6.07) is 10.0. The third-order valence-electron chi connectivity index (χ3n) is 2.96. The molecule has 0 fully saturated rings. The predicted molar refractivity (Wildman–Crippen MR) is 88.9 cm³/mol. The topological polar surface area (TPSA) is 96.2 Å². The highest BCUT2D eigenvalue weighted by Gasteiger charge is 2.29. The van der Waals surface area contributed by atoms with E-state index >= 15 is 0 Å². The van der Waals surface area contributed by atoms with Crippen molar-refractivity contribution in [3.63, 3.8) is 0 Å². The van der Waals surface area contributed by atoms with Crippen molar-refractivity contribution in [2.75, 3.05) is 5.32 Å². The van der Waals surface area contributed by atoms with Gasteiger partial charge in [-0.1, -0.05) is 12.1 Å². The number of alkyl halides is 3. The van der Waals surface area contributed by atoms with Crippen LogP contribution in [-0.2, 0) is 6.18 Å². The zero-order chi connectivity index (χ0) is 18.4. The van der Waals surface area contributed by atoms with Crippen LogP contribution in [0.2, 0.25) is 0 Å². The molecule has 25 heavy (non-hydrogen) atoms. The number of carbonyl (C=O) groups excluding carboxylic acids is 2. The van der Waals surface area contributed by atoms with Crippen LogP contribution in [0.25, 0.3) is 0 Å². The van der Waals surface area contributed by atoms with Crippen molar-refractivity contribution in [1.82, 2.24) is 9.44 Å². The predicted octanol–water partition coefficient (Wildman–Crippen LogP) is 3.41. The molecule has 6 nitrogen and oxygen atoms in total. The van der Waals surface area contributed by atoms with Crippen LogP contribution in [-0.4, -0.2) is 11.9 Å². The summed E-state index contributed by atoms with van der Waals surface area (Å²) in [5, 5.41) is 2.88. The van der Waals surface area contributed by atoms with Crippen LogP contribution in [0, 0.1) is 0 Å². The Morgan fingerprint density at radius 2 is 1.60 bits per heavy atom. The van der Waals surface area contributed by atoms with Crippen LogP contribution in [0.15, 0.2) is 48.5 Å². The van der Waals surface area contributed by atoms with Crippen LogP contribution in [0.4, 0.5) is 29.3 Å². The average molecular weight is 370 g/mol. The maximum absolute atomic E-state index is 12.6. The maximum Gasteiger partial charge on any atom is 0.416 e. The van der Waals surface area contributed by atoms with Gasteiger partial charge < -0.3 is 11.1 Å². The molecule has 5 N–H and O–H groups in total. The van der Waals surface area contributed by atoms with E-state index in [9.17, 15) is 22.8 Å². The van der Waals surface area contributed by atoms with Gasteiger partial charge in [-0.15, -0.1) is 0 Å². The lowest BCUT2D eigenvalue weighted by atomic mass is 10.1. The van der Waals surface area contributed by atoms with E-state index in [0.717, 1.165) is 12.1 Å². The zero-order valence-electron chi connectivity index (χ0n) is 12.6. The molecule has 0 aliphatic rings. The number of carbonyl (C=O) groups is 2. The number of urea groups is 1. The number of anilines is 2. The van der Waals surface area contributed by atoms with Crippen molar-refractivity contribution in [1.29, 1.82) is 0 Å². The number of hydrogen-bond donors (Lipinski definition) is 4. The van der Waals surface area contributed by atoms with Gasteiger partial charge in [0.2, 0.25) is 0 Å². The lowest BCUT2D eigenvalue weighted by molar-refractivity contribution is -0.137. The summed E-state index contributed by atoms with van der Waals surface area (Å²) in [5.74, 6) is -0.520. The molecule has 0 saturated heterocycles. The van der Waals surface area contributed by atoms with E-state index in [1.807, 2.05) is 0 Å². The van der Waals surface area contributed by atoms with Crippen LogP contribution in [0.1, 0.15) is 15.9 Å². The van der Waals surface area contributed by atoms with Gasteiger partial charge in [0, 0.05) is 5.69 Å². The van der Waals surface area contributed by atoms with Gasteiger partial charge in [-0.05, 0) is 36.4 Å². The fraction of sp³-hybridized carbons (Fsp3) is 0.0667. The Morgan fingerprint density at radius 3 is 2.20 bits per heavy atom. The van der Waals surface area contributed by atoms with Gasteiger partial charge in [-0.2, -0.15) is 13.2 Å². The van der Waals surface area contributed by atoms with E-state index in [0.29, 0.717) is 23.5 Å². The minimum Gasteiger partial charge on any atom is -0.355 e. The van der Waals surface area contributed by atoms with Crippen molar-refractivity contribution in [3.05, 3.63) is 59.7 Å². The lowest BCUT2D eigenvalue weighted by Gasteiger charge is -2.13. The van der Waals surface area contributed by atoms with Crippen LogP contribution >= 0.6 is 12.1 Å². The number of primary amides is 1. The third-order valence-corrected chi connectivity index (χ3v) is 3.55. The molecule has 3 amide bonds. The second kappa shape index (κ2) is 7.79. The lowest BCUT2D eigenvalue weighted by Crippen LogP contribution is -2.29. The largest absolute Gasteiger partial charge is 0.416 e. The molecule has 2 rings (SSSR count). The van der Waals surface area contributed by atoms with E-state index in [4.69, 9.17) is 5.73 Å². The molecule has 2 aromatic carbocycles. The zero-order valence-corrected chi connectivity index (χ0v) is 13.4. The molecule has 10 heteroatoms. The molecule has 0 bridgehead atoms. The Bertz CT molecular complexity index is 766. The summed E-state index contributed by atoms with van der Waals surface area (Å²) in [6.07, 6.45) is -4.42. The monoisotopic (exact) mass is 370 g/mol. The molecule has 0 radical (unpaired) electrons. The summed E-state index contributed by atoms with van der Waals surface area (Å²) in [6.45, 7) is 0. The number of nitrogens with two attached hydrogens (primary N) is 1. The Morgan fingerprint density at radius 1 is 0.960 bits per heavy atom. The van der Waals surface area contributed by atoms with Crippen LogP contribution < -0.4 is 20.5 Å². The molecule has 132 valence electrons. The van der Waals surface area contributed by atoms with Crippen LogP contribution in [0.3, 0.4) is 0 Å². The first-order valence-electron chi connectivity index (χ1n) is 6.82. The number of amides is 3. The molecule has 0 aliphatic carbocycles. The molecule has 0 saturated carbocycles. The normalized spacial score (nSPS) is 10.8. The number of halogens is 3. The summed E-state index contributed by atoms with van der Waals surface area (Å²) in [4.78, 5) is 22.7.